The highest BCUT2D eigenvalue weighted by atomic mass is 14.9. The minimum atomic E-state index is 0.294. The minimum Gasteiger partial charge on any atom is -0.397 e. The average molecular weight is 257 g/mol. The van der Waals surface area contributed by atoms with Crippen molar-refractivity contribution in [3.8, 4) is 0 Å². The molecule has 1 atom stereocenters. The molecule has 0 aliphatic rings. The van der Waals surface area contributed by atoms with Crippen LogP contribution in [-0.2, 0) is 0 Å². The summed E-state index contributed by atoms with van der Waals surface area (Å²) in [6, 6.07) is 6.06. The van der Waals surface area contributed by atoms with Crippen LogP contribution in [0.1, 0.15) is 27.7 Å². The van der Waals surface area contributed by atoms with Crippen molar-refractivity contribution in [3.05, 3.63) is 30.6 Å². The van der Waals surface area contributed by atoms with Gasteiger partial charge in [0.2, 0.25) is 0 Å². The lowest BCUT2D eigenvalue weighted by Gasteiger charge is -2.28. The van der Waals surface area contributed by atoms with Crippen molar-refractivity contribution in [2.75, 3.05) is 17.6 Å². The maximum atomic E-state index is 6.22. The van der Waals surface area contributed by atoms with Gasteiger partial charge in [0.1, 0.15) is 0 Å². The monoisotopic (exact) mass is 257 g/mol. The molecule has 0 aliphatic carbocycles. The van der Waals surface area contributed by atoms with Crippen LogP contribution >= 0.6 is 0 Å². The van der Waals surface area contributed by atoms with Gasteiger partial charge in [0.05, 0.1) is 11.4 Å². The zero-order valence-electron chi connectivity index (χ0n) is 12.2. The summed E-state index contributed by atoms with van der Waals surface area (Å²) in [6.07, 6.45) is 3.62. The summed E-state index contributed by atoms with van der Waals surface area (Å²) in [7, 11) is 0. The van der Waals surface area contributed by atoms with E-state index in [0.29, 0.717) is 11.3 Å². The van der Waals surface area contributed by atoms with Crippen molar-refractivity contribution in [1.82, 2.24) is 4.98 Å². The summed E-state index contributed by atoms with van der Waals surface area (Å²) < 4.78 is 0. The zero-order valence-corrected chi connectivity index (χ0v) is 12.2. The number of nitrogen functional groups attached to an aromatic ring is 1. The Balaban J connectivity index is 2.20. The Morgan fingerprint density at radius 1 is 1.26 bits per heavy atom. The number of fused-ring (bicyclic) bond motifs is 1. The van der Waals surface area contributed by atoms with Gasteiger partial charge in [0.15, 0.2) is 0 Å². The molecule has 1 heterocycles. The van der Waals surface area contributed by atoms with E-state index >= 15 is 0 Å². The Morgan fingerprint density at radius 3 is 2.68 bits per heavy atom. The van der Waals surface area contributed by atoms with Crippen LogP contribution in [-0.4, -0.2) is 11.5 Å². The Hall–Kier alpha value is -1.77. The Kier molecular flexibility index (Phi) is 3.65. The summed E-state index contributed by atoms with van der Waals surface area (Å²) in [5.41, 5.74) is 8.33. The quantitative estimate of drug-likeness (QED) is 0.820. The standard InChI is InChI=1S/C16H23N3/c1-11(16(2,3)4)9-19-14-6-5-12-10-18-8-7-13(12)15(14)17/h5-8,10-11,19H,9,17H2,1-4H3. The third kappa shape index (κ3) is 2.98. The molecule has 0 fully saturated rings. The summed E-state index contributed by atoms with van der Waals surface area (Å²) in [4.78, 5) is 4.11. The first-order chi connectivity index (χ1) is 8.89. The number of benzene rings is 1. The highest BCUT2D eigenvalue weighted by Crippen LogP contribution is 2.30. The molecule has 0 spiro atoms. The topological polar surface area (TPSA) is 50.9 Å². The van der Waals surface area contributed by atoms with Crippen molar-refractivity contribution >= 4 is 22.1 Å². The molecule has 3 N–H and O–H groups in total. The molecule has 0 amide bonds. The Bertz CT molecular complexity index is 570. The fourth-order valence-electron chi connectivity index (χ4n) is 1.92. The molecule has 1 aromatic carbocycles. The van der Waals surface area contributed by atoms with E-state index in [-0.39, 0.29) is 0 Å². The van der Waals surface area contributed by atoms with E-state index in [9.17, 15) is 0 Å². The number of aromatic nitrogens is 1. The van der Waals surface area contributed by atoms with Crippen LogP contribution in [0, 0.1) is 11.3 Å². The molecule has 0 bridgehead atoms. The molecule has 3 heteroatoms. The van der Waals surface area contributed by atoms with E-state index < -0.39 is 0 Å². The van der Waals surface area contributed by atoms with Gasteiger partial charge in [-0.2, -0.15) is 0 Å². The van der Waals surface area contributed by atoms with Crippen LogP contribution in [0.4, 0.5) is 11.4 Å². The summed E-state index contributed by atoms with van der Waals surface area (Å²) in [6.45, 7) is 9.96. The lowest BCUT2D eigenvalue weighted by molar-refractivity contribution is 0.274. The Labute approximate surface area is 115 Å². The van der Waals surface area contributed by atoms with Crippen LogP contribution < -0.4 is 11.1 Å². The summed E-state index contributed by atoms with van der Waals surface area (Å²) >= 11 is 0. The molecule has 1 unspecified atom stereocenters. The molecular weight excluding hydrogens is 234 g/mol. The van der Waals surface area contributed by atoms with Crippen LogP contribution in [0.5, 0.6) is 0 Å². The van der Waals surface area contributed by atoms with Crippen molar-refractivity contribution in [3.63, 3.8) is 0 Å². The van der Waals surface area contributed by atoms with E-state index in [0.717, 1.165) is 28.7 Å². The van der Waals surface area contributed by atoms with Gasteiger partial charge < -0.3 is 11.1 Å². The first-order valence-electron chi connectivity index (χ1n) is 6.75. The summed E-state index contributed by atoms with van der Waals surface area (Å²) in [5.74, 6) is 0.569. The van der Waals surface area contributed by atoms with Gasteiger partial charge in [-0.1, -0.05) is 33.8 Å². The number of nitrogens with zero attached hydrogens (tertiary/aromatic N) is 1. The second-order valence-electron chi connectivity index (χ2n) is 6.27. The molecule has 0 radical (unpaired) electrons. The summed E-state index contributed by atoms with van der Waals surface area (Å²) in [5, 5.41) is 5.60. The fraction of sp³-hybridized carbons (Fsp3) is 0.438. The number of hydrogen-bond donors (Lipinski definition) is 2. The van der Waals surface area contributed by atoms with Gasteiger partial charge in [-0.3, -0.25) is 4.98 Å². The SMILES string of the molecule is CC(CNc1ccc2cnccc2c1N)C(C)(C)C. The van der Waals surface area contributed by atoms with E-state index in [1.54, 1.807) is 6.20 Å². The van der Waals surface area contributed by atoms with E-state index in [1.807, 2.05) is 18.3 Å². The number of nitrogens with one attached hydrogen (secondary N) is 1. The molecule has 102 valence electrons. The van der Waals surface area contributed by atoms with Crippen molar-refractivity contribution in [2.45, 2.75) is 27.7 Å². The number of anilines is 2. The molecule has 19 heavy (non-hydrogen) atoms. The largest absolute Gasteiger partial charge is 0.397 e. The lowest BCUT2D eigenvalue weighted by atomic mass is 9.82. The molecule has 0 saturated heterocycles. The van der Waals surface area contributed by atoms with E-state index in [4.69, 9.17) is 5.73 Å². The molecular formula is C16H23N3. The number of hydrogen-bond acceptors (Lipinski definition) is 3. The van der Waals surface area contributed by atoms with Crippen LogP contribution in [0.2, 0.25) is 0 Å². The second kappa shape index (κ2) is 5.08. The van der Waals surface area contributed by atoms with Gasteiger partial charge in [0, 0.05) is 29.7 Å². The third-order valence-electron chi connectivity index (χ3n) is 3.94. The molecule has 1 aromatic heterocycles. The molecule has 2 aromatic rings. The van der Waals surface area contributed by atoms with Crippen LogP contribution in [0.25, 0.3) is 10.8 Å². The second-order valence-corrected chi connectivity index (χ2v) is 6.27. The highest BCUT2D eigenvalue weighted by molar-refractivity contribution is 5.98. The number of pyridine rings is 1. The predicted octanol–water partition coefficient (Wildman–Crippen LogP) is 3.91. The van der Waals surface area contributed by atoms with Crippen molar-refractivity contribution < 1.29 is 0 Å². The van der Waals surface area contributed by atoms with E-state index in [2.05, 4.69) is 44.1 Å². The van der Waals surface area contributed by atoms with E-state index in [1.165, 1.54) is 0 Å². The molecule has 3 nitrogen and oxygen atoms in total. The third-order valence-corrected chi connectivity index (χ3v) is 3.94. The Morgan fingerprint density at radius 2 is 2.00 bits per heavy atom. The molecule has 0 aliphatic heterocycles. The predicted molar refractivity (Wildman–Crippen MR) is 83.3 cm³/mol. The molecule has 0 saturated carbocycles. The normalized spacial score (nSPS) is 13.5. The highest BCUT2D eigenvalue weighted by Gasteiger charge is 2.19. The van der Waals surface area contributed by atoms with Crippen LogP contribution in [0.15, 0.2) is 30.6 Å². The first kappa shape index (κ1) is 13.7. The van der Waals surface area contributed by atoms with Gasteiger partial charge in [-0.05, 0) is 23.5 Å². The zero-order chi connectivity index (χ0) is 14.0. The maximum absolute atomic E-state index is 6.22. The van der Waals surface area contributed by atoms with Gasteiger partial charge in [0.25, 0.3) is 0 Å². The first-order valence-corrected chi connectivity index (χ1v) is 6.75. The fourth-order valence-corrected chi connectivity index (χ4v) is 1.92. The number of nitrogens with two attached hydrogens (primary N) is 1. The average Bonchev–Trinajstić information content (AvgIpc) is 2.37. The number of rotatable bonds is 3. The van der Waals surface area contributed by atoms with Gasteiger partial charge in [-0.25, -0.2) is 0 Å². The van der Waals surface area contributed by atoms with Gasteiger partial charge >= 0.3 is 0 Å². The van der Waals surface area contributed by atoms with Crippen molar-refractivity contribution in [1.29, 1.82) is 0 Å². The molecule has 2 rings (SSSR count). The van der Waals surface area contributed by atoms with Crippen molar-refractivity contribution in [2.24, 2.45) is 11.3 Å². The smallest absolute Gasteiger partial charge is 0.0630 e. The minimum absolute atomic E-state index is 0.294. The lowest BCUT2D eigenvalue weighted by Crippen LogP contribution is -2.25. The maximum Gasteiger partial charge on any atom is 0.0630 e. The van der Waals surface area contributed by atoms with Crippen LogP contribution in [0.3, 0.4) is 0 Å². The van der Waals surface area contributed by atoms with Gasteiger partial charge in [-0.15, -0.1) is 0 Å².